The summed E-state index contributed by atoms with van der Waals surface area (Å²) in [6.45, 7) is 3.55. The number of likely N-dealkylation sites (N-methyl/N-ethyl adjacent to an activating group) is 1. The molecule has 2 fully saturated rings. The van der Waals surface area contributed by atoms with E-state index in [0.717, 1.165) is 32.2 Å². The summed E-state index contributed by atoms with van der Waals surface area (Å²) in [5, 5.41) is 0. The van der Waals surface area contributed by atoms with Crippen LogP contribution in [0.25, 0.3) is 0 Å². The van der Waals surface area contributed by atoms with Gasteiger partial charge in [0, 0.05) is 26.2 Å². The highest BCUT2D eigenvalue weighted by Gasteiger charge is 2.45. The van der Waals surface area contributed by atoms with Crippen molar-refractivity contribution in [2.75, 3.05) is 26.7 Å². The lowest BCUT2D eigenvalue weighted by atomic mass is 9.83. The zero-order chi connectivity index (χ0) is 13.3. The standard InChI is InChI=1S/C13H23N3O2/c1-13(6-3-5-10(13)14)12(18)16-8-4-7-15(2)11(17)9-16/h10H,3-9,14H2,1-2H3. The fourth-order valence-corrected chi connectivity index (χ4v) is 2.98. The summed E-state index contributed by atoms with van der Waals surface area (Å²) in [7, 11) is 1.79. The Morgan fingerprint density at radius 2 is 2.11 bits per heavy atom. The van der Waals surface area contributed by atoms with Crippen molar-refractivity contribution in [3.8, 4) is 0 Å². The van der Waals surface area contributed by atoms with Crippen LogP contribution in [0, 0.1) is 5.41 Å². The average Bonchev–Trinajstić information content (AvgIpc) is 2.58. The van der Waals surface area contributed by atoms with Gasteiger partial charge in [0.25, 0.3) is 0 Å². The van der Waals surface area contributed by atoms with Crippen LogP contribution in [0.4, 0.5) is 0 Å². The van der Waals surface area contributed by atoms with Gasteiger partial charge in [0.2, 0.25) is 11.8 Å². The number of hydrogen-bond acceptors (Lipinski definition) is 3. The minimum atomic E-state index is -0.469. The molecule has 0 spiro atoms. The Kier molecular flexibility index (Phi) is 3.61. The summed E-state index contributed by atoms with van der Waals surface area (Å²) in [6, 6.07) is -0.0684. The molecule has 0 aromatic rings. The third kappa shape index (κ3) is 2.23. The molecular weight excluding hydrogens is 230 g/mol. The highest BCUT2D eigenvalue weighted by Crippen LogP contribution is 2.38. The summed E-state index contributed by atoms with van der Waals surface area (Å²) in [4.78, 5) is 27.8. The second kappa shape index (κ2) is 4.88. The zero-order valence-electron chi connectivity index (χ0n) is 11.3. The molecule has 0 radical (unpaired) electrons. The summed E-state index contributed by atoms with van der Waals surface area (Å²) >= 11 is 0. The summed E-state index contributed by atoms with van der Waals surface area (Å²) in [5.41, 5.74) is 5.61. The lowest BCUT2D eigenvalue weighted by molar-refractivity contribution is -0.145. The fraction of sp³-hybridized carbons (Fsp3) is 0.846. The molecule has 2 amide bonds. The number of nitrogens with two attached hydrogens (primary N) is 1. The van der Waals surface area contributed by atoms with Gasteiger partial charge in [-0.15, -0.1) is 0 Å². The highest BCUT2D eigenvalue weighted by atomic mass is 16.2. The van der Waals surface area contributed by atoms with Gasteiger partial charge in [0.1, 0.15) is 0 Å². The van der Waals surface area contributed by atoms with E-state index in [2.05, 4.69) is 0 Å². The molecule has 18 heavy (non-hydrogen) atoms. The average molecular weight is 253 g/mol. The number of hydrogen-bond donors (Lipinski definition) is 1. The van der Waals surface area contributed by atoms with E-state index in [0.29, 0.717) is 6.54 Å². The first kappa shape index (κ1) is 13.3. The predicted octanol–water partition coefficient (Wildman–Crippen LogP) is 0.195. The van der Waals surface area contributed by atoms with Crippen LogP contribution >= 0.6 is 0 Å². The second-order valence-corrected chi connectivity index (χ2v) is 5.81. The summed E-state index contributed by atoms with van der Waals surface area (Å²) in [5.74, 6) is 0.0900. The molecule has 0 aromatic heterocycles. The van der Waals surface area contributed by atoms with Crippen LogP contribution in [0.1, 0.15) is 32.6 Å². The van der Waals surface area contributed by atoms with Crippen LogP contribution in [-0.2, 0) is 9.59 Å². The van der Waals surface area contributed by atoms with Crippen molar-refractivity contribution in [3.63, 3.8) is 0 Å². The third-order valence-electron chi connectivity index (χ3n) is 4.48. The molecule has 2 N–H and O–H groups in total. The predicted molar refractivity (Wildman–Crippen MR) is 68.8 cm³/mol. The van der Waals surface area contributed by atoms with Crippen LogP contribution in [0.3, 0.4) is 0 Å². The van der Waals surface area contributed by atoms with Gasteiger partial charge >= 0.3 is 0 Å². The molecular formula is C13H23N3O2. The molecule has 1 heterocycles. The monoisotopic (exact) mass is 253 g/mol. The largest absolute Gasteiger partial charge is 0.344 e. The van der Waals surface area contributed by atoms with E-state index in [1.807, 2.05) is 6.92 Å². The van der Waals surface area contributed by atoms with Crippen LogP contribution in [-0.4, -0.2) is 54.3 Å². The normalized spacial score (nSPS) is 33.7. The number of amides is 2. The lowest BCUT2D eigenvalue weighted by Gasteiger charge is -2.33. The maximum Gasteiger partial charge on any atom is 0.241 e. The number of carbonyl (C=O) groups is 2. The molecule has 2 rings (SSSR count). The van der Waals surface area contributed by atoms with Crippen molar-refractivity contribution in [1.82, 2.24) is 9.80 Å². The third-order valence-corrected chi connectivity index (χ3v) is 4.48. The Bertz CT molecular complexity index is 358. The second-order valence-electron chi connectivity index (χ2n) is 5.81. The van der Waals surface area contributed by atoms with E-state index < -0.39 is 5.41 Å². The molecule has 2 aliphatic rings. The van der Waals surface area contributed by atoms with Crippen molar-refractivity contribution in [2.24, 2.45) is 11.1 Å². The molecule has 2 atom stereocenters. The van der Waals surface area contributed by atoms with E-state index in [1.54, 1.807) is 16.8 Å². The summed E-state index contributed by atoms with van der Waals surface area (Å²) < 4.78 is 0. The highest BCUT2D eigenvalue weighted by molar-refractivity contribution is 5.88. The summed E-state index contributed by atoms with van der Waals surface area (Å²) in [6.07, 6.45) is 3.60. The van der Waals surface area contributed by atoms with Crippen LogP contribution in [0.2, 0.25) is 0 Å². The van der Waals surface area contributed by atoms with Crippen molar-refractivity contribution >= 4 is 11.8 Å². The van der Waals surface area contributed by atoms with E-state index in [1.165, 1.54) is 0 Å². The minimum Gasteiger partial charge on any atom is -0.344 e. The Morgan fingerprint density at radius 3 is 2.72 bits per heavy atom. The Balaban J connectivity index is 2.11. The SMILES string of the molecule is CN1CCCN(C(=O)C2(C)CCCC2N)CC1=O. The molecule has 5 nitrogen and oxygen atoms in total. The van der Waals surface area contributed by atoms with Crippen LogP contribution in [0.15, 0.2) is 0 Å². The number of carbonyl (C=O) groups excluding carboxylic acids is 2. The van der Waals surface area contributed by atoms with Gasteiger partial charge in [-0.3, -0.25) is 9.59 Å². The molecule has 1 aliphatic carbocycles. The fourth-order valence-electron chi connectivity index (χ4n) is 2.98. The van der Waals surface area contributed by atoms with Crippen LogP contribution in [0.5, 0.6) is 0 Å². The number of nitrogens with zero attached hydrogens (tertiary/aromatic N) is 2. The quantitative estimate of drug-likeness (QED) is 0.725. The molecule has 102 valence electrons. The van der Waals surface area contributed by atoms with Gasteiger partial charge in [-0.2, -0.15) is 0 Å². The van der Waals surface area contributed by atoms with Crippen molar-refractivity contribution in [1.29, 1.82) is 0 Å². The van der Waals surface area contributed by atoms with E-state index in [4.69, 9.17) is 5.73 Å². The van der Waals surface area contributed by atoms with Gasteiger partial charge in [-0.1, -0.05) is 6.42 Å². The maximum atomic E-state index is 12.6. The molecule has 1 saturated heterocycles. The van der Waals surface area contributed by atoms with Gasteiger partial charge in [0.05, 0.1) is 12.0 Å². The van der Waals surface area contributed by atoms with E-state index in [-0.39, 0.29) is 24.4 Å². The maximum absolute atomic E-state index is 12.6. The van der Waals surface area contributed by atoms with Crippen molar-refractivity contribution < 1.29 is 9.59 Å². The Hall–Kier alpha value is -1.10. The Labute approximate surface area is 108 Å². The first-order valence-electron chi connectivity index (χ1n) is 6.74. The number of rotatable bonds is 1. The molecule has 5 heteroatoms. The van der Waals surface area contributed by atoms with Gasteiger partial charge in [0.15, 0.2) is 0 Å². The first-order valence-corrected chi connectivity index (χ1v) is 6.74. The van der Waals surface area contributed by atoms with E-state index >= 15 is 0 Å². The first-order chi connectivity index (χ1) is 8.45. The van der Waals surface area contributed by atoms with Crippen LogP contribution < -0.4 is 5.73 Å². The Morgan fingerprint density at radius 1 is 1.39 bits per heavy atom. The topological polar surface area (TPSA) is 66.6 Å². The molecule has 1 aliphatic heterocycles. The minimum absolute atomic E-state index is 0.0241. The zero-order valence-corrected chi connectivity index (χ0v) is 11.3. The van der Waals surface area contributed by atoms with E-state index in [9.17, 15) is 9.59 Å². The van der Waals surface area contributed by atoms with Gasteiger partial charge < -0.3 is 15.5 Å². The smallest absolute Gasteiger partial charge is 0.241 e. The van der Waals surface area contributed by atoms with Gasteiger partial charge in [-0.25, -0.2) is 0 Å². The van der Waals surface area contributed by atoms with Gasteiger partial charge in [-0.05, 0) is 26.2 Å². The molecule has 0 bridgehead atoms. The van der Waals surface area contributed by atoms with Crippen molar-refractivity contribution in [3.05, 3.63) is 0 Å². The van der Waals surface area contributed by atoms with Crippen molar-refractivity contribution in [2.45, 2.75) is 38.6 Å². The molecule has 1 saturated carbocycles. The lowest BCUT2D eigenvalue weighted by Crippen LogP contribution is -2.50. The molecule has 2 unspecified atom stereocenters. The molecule has 0 aromatic carbocycles.